The minimum Gasteiger partial charge on any atom is -0.325 e. The Morgan fingerprint density at radius 3 is 2.94 bits per heavy atom. The summed E-state index contributed by atoms with van der Waals surface area (Å²) in [6.45, 7) is 5.44. The molecule has 1 atom stereocenters. The van der Waals surface area contributed by atoms with Crippen LogP contribution in [0.5, 0.6) is 0 Å². The van der Waals surface area contributed by atoms with Crippen LogP contribution < -0.4 is 10.6 Å². The fourth-order valence-electron chi connectivity index (χ4n) is 2.08. The molecule has 0 spiro atoms. The van der Waals surface area contributed by atoms with E-state index in [2.05, 4.69) is 22.5 Å². The van der Waals surface area contributed by atoms with Crippen LogP contribution in [-0.2, 0) is 4.79 Å². The summed E-state index contributed by atoms with van der Waals surface area (Å²) >= 11 is 0. The van der Waals surface area contributed by atoms with Gasteiger partial charge in [-0.3, -0.25) is 9.69 Å². The van der Waals surface area contributed by atoms with Gasteiger partial charge in [-0.25, -0.2) is 0 Å². The molecule has 4 heteroatoms. The van der Waals surface area contributed by atoms with Gasteiger partial charge in [0, 0.05) is 31.4 Å². The molecule has 0 aromatic heterocycles. The summed E-state index contributed by atoms with van der Waals surface area (Å²) in [5.74, 6) is 0.0605. The van der Waals surface area contributed by atoms with Gasteiger partial charge in [0.05, 0.1) is 6.54 Å². The number of piperazine rings is 1. The zero-order valence-electron chi connectivity index (χ0n) is 10.1. The number of carbonyl (C=O) groups is 1. The first-order chi connectivity index (χ1) is 8.24. The highest BCUT2D eigenvalue weighted by atomic mass is 16.2. The lowest BCUT2D eigenvalue weighted by atomic mass is 10.2. The molecule has 4 nitrogen and oxygen atoms in total. The standard InChI is InChI=1S/C13H19N3O/c1-11-9-16(8-7-14-11)10-13(17)15-12-5-3-2-4-6-12/h2-6,11,14H,7-10H2,1H3,(H,15,17)/t11-/m0/s1. The average Bonchev–Trinajstić information content (AvgIpc) is 2.30. The highest BCUT2D eigenvalue weighted by molar-refractivity contribution is 5.92. The lowest BCUT2D eigenvalue weighted by molar-refractivity contribution is -0.117. The molecule has 0 unspecified atom stereocenters. The second-order valence-electron chi connectivity index (χ2n) is 4.50. The molecule has 1 aromatic carbocycles. The van der Waals surface area contributed by atoms with Crippen LogP contribution in [0.15, 0.2) is 30.3 Å². The van der Waals surface area contributed by atoms with Gasteiger partial charge in [0.15, 0.2) is 0 Å². The molecule has 92 valence electrons. The van der Waals surface area contributed by atoms with Crippen molar-refractivity contribution < 1.29 is 4.79 Å². The summed E-state index contributed by atoms with van der Waals surface area (Å²) in [6.07, 6.45) is 0. The predicted molar refractivity (Wildman–Crippen MR) is 69.0 cm³/mol. The number of nitrogens with zero attached hydrogens (tertiary/aromatic N) is 1. The second-order valence-corrected chi connectivity index (χ2v) is 4.50. The number of rotatable bonds is 3. The fraction of sp³-hybridized carbons (Fsp3) is 0.462. The maximum absolute atomic E-state index is 11.8. The minimum atomic E-state index is 0.0605. The monoisotopic (exact) mass is 233 g/mol. The summed E-state index contributed by atoms with van der Waals surface area (Å²) in [6, 6.07) is 10.0. The molecule has 1 aliphatic rings. The maximum Gasteiger partial charge on any atom is 0.238 e. The van der Waals surface area contributed by atoms with Crippen LogP contribution in [0.2, 0.25) is 0 Å². The van der Waals surface area contributed by atoms with Crippen molar-refractivity contribution in [2.24, 2.45) is 0 Å². The zero-order valence-corrected chi connectivity index (χ0v) is 10.1. The van der Waals surface area contributed by atoms with Gasteiger partial charge < -0.3 is 10.6 Å². The van der Waals surface area contributed by atoms with E-state index in [0.717, 1.165) is 25.3 Å². The van der Waals surface area contributed by atoms with Gasteiger partial charge in [-0.05, 0) is 19.1 Å². The van der Waals surface area contributed by atoms with Crippen LogP contribution in [0.1, 0.15) is 6.92 Å². The van der Waals surface area contributed by atoms with Crippen molar-refractivity contribution in [3.8, 4) is 0 Å². The number of nitrogens with one attached hydrogen (secondary N) is 2. The average molecular weight is 233 g/mol. The van der Waals surface area contributed by atoms with E-state index < -0.39 is 0 Å². The minimum absolute atomic E-state index is 0.0605. The number of hydrogen-bond acceptors (Lipinski definition) is 3. The van der Waals surface area contributed by atoms with Crippen LogP contribution in [0, 0.1) is 0 Å². The molecule has 1 aromatic rings. The molecule has 17 heavy (non-hydrogen) atoms. The van der Waals surface area contributed by atoms with Crippen molar-refractivity contribution in [1.82, 2.24) is 10.2 Å². The Balaban J connectivity index is 1.81. The quantitative estimate of drug-likeness (QED) is 0.816. The van der Waals surface area contributed by atoms with Crippen LogP contribution in [0.4, 0.5) is 5.69 Å². The van der Waals surface area contributed by atoms with E-state index in [0.29, 0.717) is 12.6 Å². The summed E-state index contributed by atoms with van der Waals surface area (Å²) in [7, 11) is 0. The van der Waals surface area contributed by atoms with Crippen molar-refractivity contribution >= 4 is 11.6 Å². The Labute approximate surface area is 102 Å². The maximum atomic E-state index is 11.8. The van der Waals surface area contributed by atoms with Gasteiger partial charge in [-0.2, -0.15) is 0 Å². The predicted octanol–water partition coefficient (Wildman–Crippen LogP) is 0.919. The molecule has 0 aliphatic carbocycles. The molecule has 0 radical (unpaired) electrons. The molecule has 2 N–H and O–H groups in total. The third-order valence-electron chi connectivity index (χ3n) is 2.88. The Morgan fingerprint density at radius 2 is 2.24 bits per heavy atom. The van der Waals surface area contributed by atoms with E-state index in [4.69, 9.17) is 0 Å². The summed E-state index contributed by atoms with van der Waals surface area (Å²) in [5, 5.41) is 6.26. The second kappa shape index (κ2) is 5.80. The zero-order chi connectivity index (χ0) is 12.1. The third kappa shape index (κ3) is 3.84. The molecule has 1 saturated heterocycles. The van der Waals surface area contributed by atoms with Crippen LogP contribution in [0.25, 0.3) is 0 Å². The van der Waals surface area contributed by atoms with Crippen molar-refractivity contribution in [3.63, 3.8) is 0 Å². The van der Waals surface area contributed by atoms with Crippen LogP contribution in [0.3, 0.4) is 0 Å². The Kier molecular flexibility index (Phi) is 4.12. The van der Waals surface area contributed by atoms with Crippen molar-refractivity contribution in [2.45, 2.75) is 13.0 Å². The third-order valence-corrected chi connectivity index (χ3v) is 2.88. The highest BCUT2D eigenvalue weighted by Gasteiger charge is 2.17. The first-order valence-electron chi connectivity index (χ1n) is 6.04. The Morgan fingerprint density at radius 1 is 1.47 bits per heavy atom. The fourth-order valence-corrected chi connectivity index (χ4v) is 2.08. The molecule has 1 fully saturated rings. The molecule has 1 amide bonds. The molecule has 1 aliphatic heterocycles. The van der Waals surface area contributed by atoms with Gasteiger partial charge in [0.25, 0.3) is 0 Å². The SMILES string of the molecule is C[C@H]1CN(CC(=O)Nc2ccccc2)CCN1. The Hall–Kier alpha value is -1.39. The highest BCUT2D eigenvalue weighted by Crippen LogP contribution is 2.05. The Bertz CT molecular complexity index is 366. The molecule has 0 saturated carbocycles. The lowest BCUT2D eigenvalue weighted by Crippen LogP contribution is -2.51. The van der Waals surface area contributed by atoms with E-state index in [1.807, 2.05) is 30.3 Å². The van der Waals surface area contributed by atoms with E-state index in [1.54, 1.807) is 0 Å². The summed E-state index contributed by atoms with van der Waals surface area (Å²) < 4.78 is 0. The van der Waals surface area contributed by atoms with E-state index >= 15 is 0 Å². The van der Waals surface area contributed by atoms with Gasteiger partial charge in [-0.15, -0.1) is 0 Å². The van der Waals surface area contributed by atoms with E-state index in [9.17, 15) is 4.79 Å². The van der Waals surface area contributed by atoms with Crippen molar-refractivity contribution in [2.75, 3.05) is 31.5 Å². The molecular weight excluding hydrogens is 214 g/mol. The number of benzene rings is 1. The van der Waals surface area contributed by atoms with E-state index in [-0.39, 0.29) is 5.91 Å². The van der Waals surface area contributed by atoms with Gasteiger partial charge >= 0.3 is 0 Å². The van der Waals surface area contributed by atoms with Gasteiger partial charge in [0.1, 0.15) is 0 Å². The normalized spacial score (nSPS) is 21.1. The summed E-state index contributed by atoms with van der Waals surface area (Å²) in [5.41, 5.74) is 0.862. The molecule has 0 bridgehead atoms. The number of amides is 1. The van der Waals surface area contributed by atoms with Gasteiger partial charge in [-0.1, -0.05) is 18.2 Å². The number of anilines is 1. The smallest absolute Gasteiger partial charge is 0.238 e. The first kappa shape index (κ1) is 12.1. The topological polar surface area (TPSA) is 44.4 Å². The number of hydrogen-bond donors (Lipinski definition) is 2. The molecule has 1 heterocycles. The van der Waals surface area contributed by atoms with E-state index in [1.165, 1.54) is 0 Å². The number of para-hydroxylation sites is 1. The van der Waals surface area contributed by atoms with Crippen molar-refractivity contribution in [1.29, 1.82) is 0 Å². The van der Waals surface area contributed by atoms with Crippen molar-refractivity contribution in [3.05, 3.63) is 30.3 Å². The summed E-state index contributed by atoms with van der Waals surface area (Å²) in [4.78, 5) is 14.0. The number of carbonyl (C=O) groups excluding carboxylic acids is 1. The molecule has 2 rings (SSSR count). The molecular formula is C13H19N3O. The largest absolute Gasteiger partial charge is 0.325 e. The van der Waals surface area contributed by atoms with Gasteiger partial charge in [0.2, 0.25) is 5.91 Å². The lowest BCUT2D eigenvalue weighted by Gasteiger charge is -2.31. The van der Waals surface area contributed by atoms with Crippen LogP contribution in [-0.4, -0.2) is 43.0 Å². The first-order valence-corrected chi connectivity index (χ1v) is 6.04. The van der Waals surface area contributed by atoms with Crippen LogP contribution >= 0.6 is 0 Å².